The minimum absolute atomic E-state index is 0.157. The minimum atomic E-state index is -0.598. The van der Waals surface area contributed by atoms with Crippen molar-refractivity contribution in [3.63, 3.8) is 0 Å². The molecule has 0 radical (unpaired) electrons. The molecule has 22 heavy (non-hydrogen) atoms. The van der Waals surface area contributed by atoms with Gasteiger partial charge >= 0.3 is 0 Å². The lowest BCUT2D eigenvalue weighted by atomic mass is 9.82. The second-order valence-electron chi connectivity index (χ2n) is 6.41. The Kier molecular flexibility index (Phi) is 6.40. The van der Waals surface area contributed by atoms with Crippen LogP contribution in [0.1, 0.15) is 37.7 Å². The molecule has 1 aromatic carbocycles. The van der Waals surface area contributed by atoms with Gasteiger partial charge in [-0.15, -0.1) is 0 Å². The van der Waals surface area contributed by atoms with Gasteiger partial charge in [-0.2, -0.15) is 0 Å². The van der Waals surface area contributed by atoms with Crippen molar-refractivity contribution in [2.45, 2.75) is 50.7 Å². The van der Waals surface area contributed by atoms with Crippen molar-refractivity contribution in [3.8, 4) is 0 Å². The molecule has 1 aromatic rings. The molecule has 1 saturated carbocycles. The predicted octanol–water partition coefficient (Wildman–Crippen LogP) is 1.99. The molecule has 1 aliphatic carbocycles. The molecule has 1 amide bonds. The number of nitrogens with zero attached hydrogens (tertiary/aromatic N) is 1. The van der Waals surface area contributed by atoms with Crippen LogP contribution in [0.4, 0.5) is 0 Å². The average molecular weight is 305 g/mol. The van der Waals surface area contributed by atoms with Crippen molar-refractivity contribution in [3.05, 3.63) is 35.9 Å². The monoisotopic (exact) mass is 305 g/mol. The van der Waals surface area contributed by atoms with Crippen LogP contribution in [0.25, 0.3) is 0 Å². The number of carbonyl (C=O) groups is 1. The molecule has 0 bridgehead atoms. The number of amides is 1. The van der Waals surface area contributed by atoms with Crippen LogP contribution in [0.3, 0.4) is 0 Å². The summed E-state index contributed by atoms with van der Waals surface area (Å²) in [4.78, 5) is 14.3. The van der Waals surface area contributed by atoms with Gasteiger partial charge in [0.05, 0.1) is 19.1 Å². The van der Waals surface area contributed by atoms with E-state index in [1.54, 1.807) is 0 Å². The van der Waals surface area contributed by atoms with Crippen LogP contribution in [0, 0.1) is 5.92 Å². The van der Waals surface area contributed by atoms with Crippen LogP contribution >= 0.6 is 0 Å². The highest BCUT2D eigenvalue weighted by Crippen LogP contribution is 2.30. The zero-order valence-corrected chi connectivity index (χ0v) is 13.3. The van der Waals surface area contributed by atoms with Crippen LogP contribution in [-0.2, 0) is 11.2 Å². The Morgan fingerprint density at radius 1 is 1.23 bits per heavy atom. The van der Waals surface area contributed by atoms with Crippen molar-refractivity contribution in [1.29, 1.82) is 0 Å². The maximum absolute atomic E-state index is 12.4. The van der Waals surface area contributed by atoms with Crippen molar-refractivity contribution >= 4 is 5.91 Å². The Morgan fingerprint density at radius 3 is 2.45 bits per heavy atom. The third-order valence-electron chi connectivity index (χ3n) is 4.77. The molecule has 0 spiro atoms. The van der Waals surface area contributed by atoms with E-state index in [-0.39, 0.29) is 12.5 Å². The van der Waals surface area contributed by atoms with Gasteiger partial charge in [0.1, 0.15) is 0 Å². The third-order valence-corrected chi connectivity index (χ3v) is 4.77. The normalized spacial score (nSPS) is 23.0. The van der Waals surface area contributed by atoms with Gasteiger partial charge in [-0.25, -0.2) is 0 Å². The number of benzene rings is 1. The Balaban J connectivity index is 1.79. The van der Waals surface area contributed by atoms with E-state index in [4.69, 9.17) is 5.11 Å². The van der Waals surface area contributed by atoms with Crippen LogP contribution in [0.2, 0.25) is 0 Å². The molecule has 2 N–H and O–H groups in total. The molecule has 1 unspecified atom stereocenters. The summed E-state index contributed by atoms with van der Waals surface area (Å²) < 4.78 is 0. The topological polar surface area (TPSA) is 60.8 Å². The molecule has 0 aliphatic heterocycles. The molecule has 0 heterocycles. The molecular weight excluding hydrogens is 278 g/mol. The molecule has 122 valence electrons. The largest absolute Gasteiger partial charge is 0.394 e. The maximum Gasteiger partial charge on any atom is 0.226 e. The van der Waals surface area contributed by atoms with E-state index in [2.05, 4.69) is 0 Å². The third kappa shape index (κ3) is 4.82. The van der Waals surface area contributed by atoms with Crippen LogP contribution in [0.5, 0.6) is 0 Å². The van der Waals surface area contributed by atoms with Gasteiger partial charge in [-0.05, 0) is 43.6 Å². The van der Waals surface area contributed by atoms with Crippen molar-refractivity contribution in [1.82, 2.24) is 4.90 Å². The highest BCUT2D eigenvalue weighted by molar-refractivity contribution is 5.78. The fraction of sp³-hybridized carbons (Fsp3) is 0.611. The van der Waals surface area contributed by atoms with Crippen molar-refractivity contribution < 1.29 is 15.0 Å². The number of likely N-dealkylation sites (N-methyl/N-ethyl adjacent to an activating group) is 1. The summed E-state index contributed by atoms with van der Waals surface area (Å²) >= 11 is 0. The smallest absolute Gasteiger partial charge is 0.226 e. The maximum atomic E-state index is 12.4. The minimum Gasteiger partial charge on any atom is -0.394 e. The van der Waals surface area contributed by atoms with Crippen LogP contribution in [0.15, 0.2) is 30.3 Å². The highest BCUT2D eigenvalue weighted by atomic mass is 16.3. The zero-order valence-electron chi connectivity index (χ0n) is 13.3. The first-order valence-corrected chi connectivity index (χ1v) is 8.18. The molecule has 0 saturated heterocycles. The number of hydrogen-bond acceptors (Lipinski definition) is 3. The van der Waals surface area contributed by atoms with Gasteiger partial charge in [-0.3, -0.25) is 4.79 Å². The van der Waals surface area contributed by atoms with Gasteiger partial charge in [0.2, 0.25) is 5.91 Å². The van der Waals surface area contributed by atoms with E-state index in [0.717, 1.165) is 31.2 Å². The summed E-state index contributed by atoms with van der Waals surface area (Å²) in [6.45, 7) is -0.157. The van der Waals surface area contributed by atoms with E-state index in [1.807, 2.05) is 42.3 Å². The first-order valence-electron chi connectivity index (χ1n) is 8.18. The molecule has 1 atom stereocenters. The van der Waals surface area contributed by atoms with Gasteiger partial charge in [0, 0.05) is 13.1 Å². The van der Waals surface area contributed by atoms with Crippen LogP contribution < -0.4 is 0 Å². The Bertz CT molecular complexity index is 455. The molecule has 1 fully saturated rings. The summed E-state index contributed by atoms with van der Waals surface area (Å²) in [6, 6.07) is 10.1. The van der Waals surface area contributed by atoms with Crippen molar-refractivity contribution in [2.24, 2.45) is 5.92 Å². The number of rotatable bonds is 6. The zero-order chi connectivity index (χ0) is 15.9. The van der Waals surface area contributed by atoms with E-state index < -0.39 is 6.10 Å². The lowest BCUT2D eigenvalue weighted by molar-refractivity contribution is -0.132. The summed E-state index contributed by atoms with van der Waals surface area (Å²) in [5, 5.41) is 18.4. The second kappa shape index (κ2) is 8.30. The summed E-state index contributed by atoms with van der Waals surface area (Å²) in [6.07, 6.45) is 4.54. The van der Waals surface area contributed by atoms with Crippen LogP contribution in [-0.4, -0.2) is 46.8 Å². The fourth-order valence-electron chi connectivity index (χ4n) is 3.33. The first-order chi connectivity index (χ1) is 10.6. The molecule has 2 rings (SSSR count). The summed E-state index contributed by atoms with van der Waals surface area (Å²) in [5.41, 5.74) is 1.05. The molecule has 4 heteroatoms. The quantitative estimate of drug-likeness (QED) is 0.845. The van der Waals surface area contributed by atoms with Gasteiger partial charge < -0.3 is 15.1 Å². The number of aliphatic hydroxyl groups is 2. The number of hydrogen-bond donors (Lipinski definition) is 2. The average Bonchev–Trinajstić information content (AvgIpc) is 2.55. The van der Waals surface area contributed by atoms with Gasteiger partial charge in [-0.1, -0.05) is 30.3 Å². The highest BCUT2D eigenvalue weighted by Gasteiger charge is 2.27. The SMILES string of the molecule is CN(C(=O)Cc1ccccc1)C1CCC(CC(O)CO)CC1. The summed E-state index contributed by atoms with van der Waals surface area (Å²) in [7, 11) is 1.90. The second-order valence-corrected chi connectivity index (χ2v) is 6.41. The standard InChI is InChI=1S/C18H27NO3/c1-19(18(22)12-14-5-3-2-4-6-14)16-9-7-15(8-10-16)11-17(21)13-20/h2-6,15-17,20-21H,7-13H2,1H3. The molecule has 4 nitrogen and oxygen atoms in total. The van der Waals surface area contributed by atoms with E-state index in [9.17, 15) is 9.90 Å². The van der Waals surface area contributed by atoms with Gasteiger partial charge in [0.25, 0.3) is 0 Å². The molecule has 0 aromatic heterocycles. The number of carbonyl (C=O) groups excluding carboxylic acids is 1. The summed E-state index contributed by atoms with van der Waals surface area (Å²) in [5.74, 6) is 0.640. The fourth-order valence-corrected chi connectivity index (χ4v) is 3.33. The first kappa shape index (κ1) is 17.0. The number of aliphatic hydroxyl groups excluding tert-OH is 2. The lowest BCUT2D eigenvalue weighted by Gasteiger charge is -2.35. The lowest BCUT2D eigenvalue weighted by Crippen LogP contribution is -2.40. The van der Waals surface area contributed by atoms with Crippen molar-refractivity contribution in [2.75, 3.05) is 13.7 Å². The van der Waals surface area contributed by atoms with E-state index >= 15 is 0 Å². The van der Waals surface area contributed by atoms with E-state index in [0.29, 0.717) is 24.8 Å². The molecule has 1 aliphatic rings. The van der Waals surface area contributed by atoms with Gasteiger partial charge in [0.15, 0.2) is 0 Å². The Hall–Kier alpha value is -1.39. The predicted molar refractivity (Wildman–Crippen MR) is 86.4 cm³/mol. The Morgan fingerprint density at radius 2 is 1.86 bits per heavy atom. The van der Waals surface area contributed by atoms with E-state index in [1.165, 1.54) is 0 Å². The Labute approximate surface area is 132 Å². The molecular formula is C18H27NO3.